The minimum Gasteiger partial charge on any atom is -1.00 e. The molecule has 62 valence electrons. The molecule has 0 saturated heterocycles. The molecule has 0 fully saturated rings. The van der Waals surface area contributed by atoms with Crippen LogP contribution in [0.25, 0.3) is 6.20 Å². The first-order valence-corrected chi connectivity index (χ1v) is 3.45. The zero-order valence-electron chi connectivity index (χ0n) is 6.87. The van der Waals surface area contributed by atoms with E-state index in [0.29, 0.717) is 6.04 Å². The van der Waals surface area contributed by atoms with Crippen molar-refractivity contribution < 1.29 is 21.5 Å². The summed E-state index contributed by atoms with van der Waals surface area (Å²) in [5, 5.41) is 0. The molecule has 1 heterocycles. The maximum absolute atomic E-state index is 3.65. The van der Waals surface area contributed by atoms with E-state index >= 15 is 0 Å². The number of aromatic nitrogens is 2. The van der Waals surface area contributed by atoms with Gasteiger partial charge in [0, 0.05) is 0 Å². The number of imidazole rings is 1. The van der Waals surface area contributed by atoms with E-state index in [1.807, 2.05) is 23.3 Å². The van der Waals surface area contributed by atoms with Gasteiger partial charge in [0.05, 0.1) is 12.2 Å². The summed E-state index contributed by atoms with van der Waals surface area (Å²) >= 11 is 0. The first kappa shape index (κ1) is 10.4. The molecule has 0 aliphatic rings. The molecule has 0 N–H and O–H groups in total. The van der Waals surface area contributed by atoms with Crippen molar-refractivity contribution in [1.82, 2.24) is 4.57 Å². The lowest BCUT2D eigenvalue weighted by molar-refractivity contribution is -0.567. The number of hydrogen-bond donors (Lipinski definition) is 0. The van der Waals surface area contributed by atoms with E-state index in [4.69, 9.17) is 0 Å². The molecule has 0 saturated carbocycles. The molecule has 0 aromatic carbocycles. The number of nitrogens with zero attached hydrogens (tertiary/aromatic N) is 2. The third kappa shape index (κ3) is 2.50. The van der Waals surface area contributed by atoms with Crippen LogP contribution in [0.1, 0.15) is 19.9 Å². The van der Waals surface area contributed by atoms with E-state index in [-0.39, 0.29) is 17.0 Å². The van der Waals surface area contributed by atoms with Crippen molar-refractivity contribution in [2.45, 2.75) is 19.9 Å². The highest BCUT2D eigenvalue weighted by molar-refractivity contribution is 4.94. The van der Waals surface area contributed by atoms with Crippen LogP contribution < -0.4 is 21.5 Å². The van der Waals surface area contributed by atoms with Gasteiger partial charge in [-0.2, -0.15) is 0 Å². The van der Waals surface area contributed by atoms with Gasteiger partial charge >= 0.3 is 0 Å². The Hall–Kier alpha value is -0.570. The number of halogens is 1. The summed E-state index contributed by atoms with van der Waals surface area (Å²) in [6.07, 6.45) is 7.80. The molecule has 3 heteroatoms. The van der Waals surface area contributed by atoms with Crippen LogP contribution in [0.2, 0.25) is 0 Å². The molecular formula is C8H13BrN2. The lowest BCUT2D eigenvalue weighted by Gasteiger charge is -1.95. The highest BCUT2D eigenvalue weighted by Gasteiger charge is 2.02. The molecule has 1 aromatic heterocycles. The average molecular weight is 217 g/mol. The van der Waals surface area contributed by atoms with Gasteiger partial charge in [0.1, 0.15) is 12.4 Å². The van der Waals surface area contributed by atoms with E-state index in [2.05, 4.69) is 25.0 Å². The minimum absolute atomic E-state index is 0. The predicted octanol–water partition coefficient (Wildman–Crippen LogP) is -1.54. The SMILES string of the molecule is C=C[n+]1ccn(C(C)C)c1.[Br-]. The Balaban J connectivity index is 0.000001000. The first-order valence-electron chi connectivity index (χ1n) is 3.45. The fourth-order valence-electron chi connectivity index (χ4n) is 0.798. The van der Waals surface area contributed by atoms with Gasteiger partial charge in [-0.05, 0) is 13.8 Å². The van der Waals surface area contributed by atoms with Gasteiger partial charge in [-0.15, -0.1) is 0 Å². The zero-order chi connectivity index (χ0) is 7.56. The quantitative estimate of drug-likeness (QED) is 0.531. The normalized spacial score (nSPS) is 9.36. The standard InChI is InChI=1S/C8H13N2.BrH/c1-4-9-5-6-10(7-9)8(2)3;/h4-8H,1H2,2-3H3;1H/q+1;/p-1. The molecule has 0 unspecified atom stereocenters. The molecular weight excluding hydrogens is 204 g/mol. The van der Waals surface area contributed by atoms with Crippen LogP contribution in [0.3, 0.4) is 0 Å². The molecule has 2 nitrogen and oxygen atoms in total. The first-order chi connectivity index (χ1) is 4.74. The molecule has 0 radical (unpaired) electrons. The summed E-state index contributed by atoms with van der Waals surface area (Å²) in [4.78, 5) is 0. The smallest absolute Gasteiger partial charge is 0.248 e. The van der Waals surface area contributed by atoms with E-state index in [0.717, 1.165) is 0 Å². The Bertz CT molecular complexity index is 228. The fraction of sp³-hybridized carbons (Fsp3) is 0.375. The predicted molar refractivity (Wildman–Crippen MR) is 41.4 cm³/mol. The highest BCUT2D eigenvalue weighted by atomic mass is 79.9. The molecule has 1 rings (SSSR count). The van der Waals surface area contributed by atoms with Crippen molar-refractivity contribution in [2.24, 2.45) is 0 Å². The third-order valence-electron chi connectivity index (χ3n) is 1.48. The van der Waals surface area contributed by atoms with Crippen molar-refractivity contribution in [3.63, 3.8) is 0 Å². The maximum Gasteiger partial charge on any atom is 0.248 e. The van der Waals surface area contributed by atoms with Crippen LogP contribution in [0.4, 0.5) is 0 Å². The summed E-state index contributed by atoms with van der Waals surface area (Å²) in [6, 6.07) is 0.529. The van der Waals surface area contributed by atoms with Gasteiger partial charge in [-0.25, -0.2) is 9.13 Å². The van der Waals surface area contributed by atoms with Crippen molar-refractivity contribution >= 4 is 6.20 Å². The van der Waals surface area contributed by atoms with Gasteiger partial charge in [-0.3, -0.25) is 0 Å². The van der Waals surface area contributed by atoms with E-state index < -0.39 is 0 Å². The van der Waals surface area contributed by atoms with E-state index in [9.17, 15) is 0 Å². The summed E-state index contributed by atoms with van der Waals surface area (Å²) in [6.45, 7) is 7.95. The molecule has 1 aromatic rings. The number of rotatable bonds is 2. The Morgan fingerprint density at radius 2 is 2.18 bits per heavy atom. The highest BCUT2D eigenvalue weighted by Crippen LogP contribution is 1.99. The summed E-state index contributed by atoms with van der Waals surface area (Å²) < 4.78 is 4.06. The number of hydrogen-bond acceptors (Lipinski definition) is 0. The molecule has 0 amide bonds. The van der Waals surface area contributed by atoms with Crippen LogP contribution in [-0.4, -0.2) is 4.57 Å². The van der Waals surface area contributed by atoms with Crippen LogP contribution in [0, 0.1) is 0 Å². The second-order valence-corrected chi connectivity index (χ2v) is 2.58. The molecule has 0 aliphatic heterocycles. The second-order valence-electron chi connectivity index (χ2n) is 2.58. The van der Waals surface area contributed by atoms with Crippen LogP contribution >= 0.6 is 0 Å². The van der Waals surface area contributed by atoms with Gasteiger partial charge in [0.15, 0.2) is 0 Å². The summed E-state index contributed by atoms with van der Waals surface area (Å²) in [5.74, 6) is 0. The third-order valence-corrected chi connectivity index (χ3v) is 1.48. The van der Waals surface area contributed by atoms with Crippen molar-refractivity contribution in [2.75, 3.05) is 0 Å². The van der Waals surface area contributed by atoms with Crippen molar-refractivity contribution in [3.05, 3.63) is 25.3 Å². The second kappa shape index (κ2) is 4.34. The van der Waals surface area contributed by atoms with E-state index in [1.54, 1.807) is 6.20 Å². The molecule has 0 spiro atoms. The van der Waals surface area contributed by atoms with Crippen LogP contribution in [0.15, 0.2) is 25.3 Å². The van der Waals surface area contributed by atoms with Crippen LogP contribution in [0.5, 0.6) is 0 Å². The van der Waals surface area contributed by atoms with Crippen molar-refractivity contribution in [3.8, 4) is 0 Å². The van der Waals surface area contributed by atoms with Gasteiger partial charge in [0.25, 0.3) is 0 Å². The Labute approximate surface area is 77.9 Å². The summed E-state index contributed by atoms with van der Waals surface area (Å²) in [5.41, 5.74) is 0. The Morgan fingerprint density at radius 1 is 1.55 bits per heavy atom. The Kier molecular flexibility index (Phi) is 4.11. The van der Waals surface area contributed by atoms with Crippen LogP contribution in [-0.2, 0) is 0 Å². The van der Waals surface area contributed by atoms with Gasteiger partial charge in [0.2, 0.25) is 6.33 Å². The molecule has 0 bridgehead atoms. The molecule has 0 atom stereocenters. The molecule has 11 heavy (non-hydrogen) atoms. The Morgan fingerprint density at radius 3 is 2.45 bits per heavy atom. The molecule has 0 aliphatic carbocycles. The van der Waals surface area contributed by atoms with E-state index in [1.165, 1.54) is 0 Å². The zero-order valence-corrected chi connectivity index (χ0v) is 8.45. The van der Waals surface area contributed by atoms with Crippen molar-refractivity contribution in [1.29, 1.82) is 0 Å². The largest absolute Gasteiger partial charge is 1.00 e. The maximum atomic E-state index is 3.65. The lowest BCUT2D eigenvalue weighted by Crippen LogP contribution is -3.00. The monoisotopic (exact) mass is 216 g/mol. The van der Waals surface area contributed by atoms with Gasteiger partial charge in [-0.1, -0.05) is 6.58 Å². The fourth-order valence-corrected chi connectivity index (χ4v) is 0.798. The minimum atomic E-state index is 0. The lowest BCUT2D eigenvalue weighted by atomic mass is 10.4. The van der Waals surface area contributed by atoms with Gasteiger partial charge < -0.3 is 17.0 Å². The topological polar surface area (TPSA) is 8.81 Å². The summed E-state index contributed by atoms with van der Waals surface area (Å²) in [7, 11) is 0. The average Bonchev–Trinajstić information content (AvgIpc) is 2.34.